The van der Waals surface area contributed by atoms with Crippen LogP contribution in [0.5, 0.6) is 0 Å². The molecular weight excluding hydrogens is 371 g/mol. The fourth-order valence-corrected chi connectivity index (χ4v) is 3.66. The number of aryl methyl sites for hydroxylation is 1. The lowest BCUT2D eigenvalue weighted by Gasteiger charge is -2.22. The Bertz CT molecular complexity index is 1020. The molecule has 0 saturated heterocycles. The monoisotopic (exact) mass is 396 g/mol. The summed E-state index contributed by atoms with van der Waals surface area (Å²) >= 11 is 5.59. The van der Waals surface area contributed by atoms with Crippen LogP contribution in [0.2, 0.25) is 0 Å². The van der Waals surface area contributed by atoms with Crippen LogP contribution in [0, 0.1) is 10.6 Å². The van der Waals surface area contributed by atoms with E-state index in [0.717, 1.165) is 13.0 Å². The van der Waals surface area contributed by atoms with E-state index in [0.29, 0.717) is 28.9 Å². The van der Waals surface area contributed by atoms with Crippen LogP contribution in [-0.4, -0.2) is 25.3 Å². The summed E-state index contributed by atoms with van der Waals surface area (Å²) in [7, 11) is 1.85. The standard InChI is InChI=1S/C22H25FN4S/c1-3-16-8-10-17(11-9-16)14-26(18-12-13-18)15-27-22(28)25(2)21(24-27)19-6-4-5-7-20(19)23/h4-11,18H,3,12-15H2,1-2H3. The zero-order valence-electron chi connectivity index (χ0n) is 16.3. The second kappa shape index (κ2) is 7.97. The van der Waals surface area contributed by atoms with Gasteiger partial charge in [0.05, 0.1) is 12.2 Å². The van der Waals surface area contributed by atoms with E-state index in [1.165, 1.54) is 30.0 Å². The fourth-order valence-electron chi connectivity index (χ4n) is 3.48. The smallest absolute Gasteiger partial charge is 0.199 e. The first-order valence-corrected chi connectivity index (χ1v) is 10.2. The van der Waals surface area contributed by atoms with Crippen molar-refractivity contribution in [3.8, 4) is 11.4 Å². The molecule has 1 aromatic heterocycles. The number of benzene rings is 2. The summed E-state index contributed by atoms with van der Waals surface area (Å²) in [5, 5.41) is 4.65. The zero-order chi connectivity index (χ0) is 19.7. The van der Waals surface area contributed by atoms with Gasteiger partial charge in [-0.2, -0.15) is 5.10 Å². The molecule has 0 amide bonds. The van der Waals surface area contributed by atoms with E-state index < -0.39 is 0 Å². The Hall–Kier alpha value is -2.31. The van der Waals surface area contributed by atoms with Crippen molar-refractivity contribution in [2.45, 2.75) is 45.4 Å². The van der Waals surface area contributed by atoms with Crippen LogP contribution >= 0.6 is 12.2 Å². The number of hydrogen-bond acceptors (Lipinski definition) is 3. The molecule has 4 nitrogen and oxygen atoms in total. The molecule has 3 aromatic rings. The van der Waals surface area contributed by atoms with Gasteiger partial charge in [0.25, 0.3) is 0 Å². The Morgan fingerprint density at radius 3 is 2.43 bits per heavy atom. The third kappa shape index (κ3) is 3.93. The van der Waals surface area contributed by atoms with Gasteiger partial charge in [-0.05, 0) is 54.7 Å². The lowest BCUT2D eigenvalue weighted by molar-refractivity contribution is 0.186. The van der Waals surface area contributed by atoms with Crippen molar-refractivity contribution in [1.82, 2.24) is 19.2 Å². The molecule has 0 bridgehead atoms. The van der Waals surface area contributed by atoms with E-state index in [9.17, 15) is 4.39 Å². The Morgan fingerprint density at radius 1 is 1.11 bits per heavy atom. The molecule has 1 fully saturated rings. The van der Waals surface area contributed by atoms with Crippen molar-refractivity contribution in [2.24, 2.45) is 7.05 Å². The molecule has 1 saturated carbocycles. The van der Waals surface area contributed by atoms with E-state index in [2.05, 4.69) is 41.2 Å². The Morgan fingerprint density at radius 2 is 1.79 bits per heavy atom. The zero-order valence-corrected chi connectivity index (χ0v) is 17.1. The maximum atomic E-state index is 14.2. The fraction of sp³-hybridized carbons (Fsp3) is 0.364. The first kappa shape index (κ1) is 19.0. The molecule has 0 aliphatic heterocycles. The molecule has 1 heterocycles. The van der Waals surface area contributed by atoms with Gasteiger partial charge in [-0.15, -0.1) is 0 Å². The van der Waals surface area contributed by atoms with Gasteiger partial charge >= 0.3 is 0 Å². The van der Waals surface area contributed by atoms with Crippen LogP contribution in [0.4, 0.5) is 4.39 Å². The largest absolute Gasteiger partial charge is 0.303 e. The van der Waals surface area contributed by atoms with Gasteiger partial charge in [0, 0.05) is 19.6 Å². The number of halogens is 1. The molecule has 1 aliphatic rings. The van der Waals surface area contributed by atoms with Crippen LogP contribution in [0.15, 0.2) is 48.5 Å². The summed E-state index contributed by atoms with van der Waals surface area (Å²) in [6.45, 7) is 3.64. The maximum absolute atomic E-state index is 14.2. The number of hydrogen-bond donors (Lipinski definition) is 0. The minimum Gasteiger partial charge on any atom is -0.303 e. The number of aromatic nitrogens is 3. The van der Waals surface area contributed by atoms with Gasteiger partial charge in [-0.1, -0.05) is 43.3 Å². The van der Waals surface area contributed by atoms with E-state index >= 15 is 0 Å². The van der Waals surface area contributed by atoms with Crippen LogP contribution in [-0.2, 0) is 26.7 Å². The van der Waals surface area contributed by atoms with Gasteiger partial charge in [0.1, 0.15) is 5.82 Å². The van der Waals surface area contributed by atoms with Crippen molar-refractivity contribution in [1.29, 1.82) is 0 Å². The molecule has 6 heteroatoms. The molecule has 28 heavy (non-hydrogen) atoms. The van der Waals surface area contributed by atoms with E-state index in [1.807, 2.05) is 17.8 Å². The van der Waals surface area contributed by atoms with Crippen molar-refractivity contribution >= 4 is 12.2 Å². The Labute approximate surface area is 170 Å². The highest BCUT2D eigenvalue weighted by Gasteiger charge is 2.30. The third-order valence-corrected chi connectivity index (χ3v) is 5.84. The average molecular weight is 397 g/mol. The predicted octanol–water partition coefficient (Wildman–Crippen LogP) is 4.94. The second-order valence-electron chi connectivity index (χ2n) is 7.43. The molecule has 0 N–H and O–H groups in total. The van der Waals surface area contributed by atoms with Gasteiger partial charge in [0.2, 0.25) is 0 Å². The third-order valence-electron chi connectivity index (χ3n) is 5.35. The van der Waals surface area contributed by atoms with Crippen molar-refractivity contribution in [3.05, 3.63) is 70.2 Å². The summed E-state index contributed by atoms with van der Waals surface area (Å²) in [4.78, 5) is 2.41. The molecular formula is C22H25FN4S. The average Bonchev–Trinajstić information content (AvgIpc) is 3.52. The van der Waals surface area contributed by atoms with Crippen LogP contribution in [0.1, 0.15) is 30.9 Å². The van der Waals surface area contributed by atoms with E-state index in [1.54, 1.807) is 16.7 Å². The minimum absolute atomic E-state index is 0.284. The van der Waals surface area contributed by atoms with Gasteiger partial charge < -0.3 is 4.57 Å². The summed E-state index contributed by atoms with van der Waals surface area (Å²) in [6.07, 6.45) is 3.45. The first-order valence-electron chi connectivity index (χ1n) is 9.77. The predicted molar refractivity (Wildman–Crippen MR) is 112 cm³/mol. The van der Waals surface area contributed by atoms with Crippen molar-refractivity contribution in [2.75, 3.05) is 0 Å². The minimum atomic E-state index is -0.284. The molecule has 0 atom stereocenters. The lowest BCUT2D eigenvalue weighted by Crippen LogP contribution is -2.29. The van der Waals surface area contributed by atoms with E-state index in [-0.39, 0.29) is 5.82 Å². The Balaban J connectivity index is 1.58. The topological polar surface area (TPSA) is 26.0 Å². The van der Waals surface area contributed by atoms with Crippen molar-refractivity contribution < 1.29 is 4.39 Å². The highest BCUT2D eigenvalue weighted by atomic mass is 32.1. The maximum Gasteiger partial charge on any atom is 0.199 e. The van der Waals surface area contributed by atoms with Crippen molar-refractivity contribution in [3.63, 3.8) is 0 Å². The van der Waals surface area contributed by atoms with Gasteiger partial charge in [-0.25, -0.2) is 9.07 Å². The highest BCUT2D eigenvalue weighted by Crippen LogP contribution is 2.29. The Kier molecular flexibility index (Phi) is 5.42. The highest BCUT2D eigenvalue weighted by molar-refractivity contribution is 7.71. The molecule has 4 rings (SSSR count). The number of rotatable bonds is 7. The van der Waals surface area contributed by atoms with Crippen LogP contribution < -0.4 is 0 Å². The number of nitrogens with zero attached hydrogens (tertiary/aromatic N) is 4. The van der Waals surface area contributed by atoms with Gasteiger partial charge in [-0.3, -0.25) is 4.90 Å². The molecule has 0 radical (unpaired) electrons. The summed E-state index contributed by atoms with van der Waals surface area (Å²) in [5.41, 5.74) is 3.12. The SMILES string of the molecule is CCc1ccc(CN(Cn2nc(-c3ccccc3F)n(C)c2=S)C2CC2)cc1. The second-order valence-corrected chi connectivity index (χ2v) is 7.80. The molecule has 2 aromatic carbocycles. The quantitative estimate of drug-likeness (QED) is 0.529. The molecule has 146 valence electrons. The molecule has 1 aliphatic carbocycles. The van der Waals surface area contributed by atoms with Crippen LogP contribution in [0.25, 0.3) is 11.4 Å². The summed E-state index contributed by atoms with van der Waals surface area (Å²) in [5.74, 6) is 0.277. The van der Waals surface area contributed by atoms with E-state index in [4.69, 9.17) is 12.2 Å². The molecule has 0 unspecified atom stereocenters. The van der Waals surface area contributed by atoms with Crippen LogP contribution in [0.3, 0.4) is 0 Å². The summed E-state index contributed by atoms with van der Waals surface area (Å²) < 4.78 is 18.4. The van der Waals surface area contributed by atoms with Gasteiger partial charge in [0.15, 0.2) is 10.6 Å². The molecule has 0 spiro atoms. The summed E-state index contributed by atoms with van der Waals surface area (Å²) in [6, 6.07) is 16.1. The lowest BCUT2D eigenvalue weighted by atomic mass is 10.1. The normalized spacial score (nSPS) is 14.0. The first-order chi connectivity index (χ1) is 13.6.